The van der Waals surface area contributed by atoms with E-state index < -0.39 is 12.8 Å². The van der Waals surface area contributed by atoms with Gasteiger partial charge in [0.25, 0.3) is 0 Å². The lowest BCUT2D eigenvalue weighted by atomic mass is 10.1. The van der Waals surface area contributed by atoms with Gasteiger partial charge in [-0.15, -0.1) is 0 Å². The number of halogens is 3. The number of rotatable bonds is 5. The monoisotopic (exact) mass is 248 g/mol. The molecule has 3 nitrogen and oxygen atoms in total. The molecule has 1 aromatic heterocycles. The Hall–Kier alpha value is -1.30. The molecule has 0 aliphatic heterocycles. The number of nitrogens with one attached hydrogen (secondary N) is 1. The summed E-state index contributed by atoms with van der Waals surface area (Å²) in [7, 11) is 0. The number of alkyl halides is 3. The van der Waals surface area contributed by atoms with Crippen LogP contribution in [0.3, 0.4) is 0 Å². The van der Waals surface area contributed by atoms with Gasteiger partial charge in [-0.05, 0) is 19.5 Å². The Labute approximate surface area is 98.0 Å². The van der Waals surface area contributed by atoms with Crippen molar-refractivity contribution < 1.29 is 17.9 Å². The highest BCUT2D eigenvalue weighted by Crippen LogP contribution is 2.24. The van der Waals surface area contributed by atoms with Crippen LogP contribution < -0.4 is 10.1 Å². The SMILES string of the molecule is CCNC(C)c1cccnc1OCC(F)(F)F. The highest BCUT2D eigenvalue weighted by Gasteiger charge is 2.29. The van der Waals surface area contributed by atoms with E-state index in [9.17, 15) is 13.2 Å². The Morgan fingerprint density at radius 3 is 2.76 bits per heavy atom. The van der Waals surface area contributed by atoms with E-state index in [0.29, 0.717) is 5.56 Å². The van der Waals surface area contributed by atoms with Crippen LogP contribution in [0.4, 0.5) is 13.2 Å². The molecule has 1 N–H and O–H groups in total. The second-order valence-corrected chi connectivity index (χ2v) is 3.58. The fourth-order valence-corrected chi connectivity index (χ4v) is 1.42. The van der Waals surface area contributed by atoms with Crippen molar-refractivity contribution in [3.05, 3.63) is 23.9 Å². The van der Waals surface area contributed by atoms with Crippen molar-refractivity contribution in [3.8, 4) is 5.88 Å². The third-order valence-electron chi connectivity index (χ3n) is 2.15. The summed E-state index contributed by atoms with van der Waals surface area (Å²) in [5.74, 6) is 0.0262. The molecule has 96 valence electrons. The first kappa shape index (κ1) is 13.8. The third kappa shape index (κ3) is 4.60. The van der Waals surface area contributed by atoms with Gasteiger partial charge in [0.2, 0.25) is 5.88 Å². The molecule has 0 amide bonds. The van der Waals surface area contributed by atoms with E-state index in [1.807, 2.05) is 13.8 Å². The fourth-order valence-electron chi connectivity index (χ4n) is 1.42. The molecule has 1 heterocycles. The molecule has 0 aromatic carbocycles. The maximum Gasteiger partial charge on any atom is 0.422 e. The summed E-state index contributed by atoms with van der Waals surface area (Å²) in [4.78, 5) is 3.82. The van der Waals surface area contributed by atoms with E-state index >= 15 is 0 Å². The first-order valence-corrected chi connectivity index (χ1v) is 5.32. The second-order valence-electron chi connectivity index (χ2n) is 3.58. The Morgan fingerprint density at radius 1 is 1.47 bits per heavy atom. The van der Waals surface area contributed by atoms with Gasteiger partial charge in [-0.25, -0.2) is 4.98 Å². The zero-order chi connectivity index (χ0) is 12.9. The minimum Gasteiger partial charge on any atom is -0.468 e. The van der Waals surface area contributed by atoms with Gasteiger partial charge in [0, 0.05) is 17.8 Å². The summed E-state index contributed by atoms with van der Waals surface area (Å²) in [6.07, 6.45) is -2.94. The molecule has 1 rings (SSSR count). The lowest BCUT2D eigenvalue weighted by Gasteiger charge is -2.17. The van der Waals surface area contributed by atoms with Crippen LogP contribution in [0.2, 0.25) is 0 Å². The van der Waals surface area contributed by atoms with Crippen molar-refractivity contribution in [2.24, 2.45) is 0 Å². The first-order chi connectivity index (χ1) is 7.94. The average molecular weight is 248 g/mol. The van der Waals surface area contributed by atoms with E-state index in [1.54, 1.807) is 12.1 Å². The summed E-state index contributed by atoms with van der Waals surface area (Å²) in [6.45, 7) is 3.16. The highest BCUT2D eigenvalue weighted by molar-refractivity contribution is 5.28. The van der Waals surface area contributed by atoms with E-state index in [-0.39, 0.29) is 11.9 Å². The largest absolute Gasteiger partial charge is 0.468 e. The predicted molar refractivity (Wildman–Crippen MR) is 57.9 cm³/mol. The molecule has 17 heavy (non-hydrogen) atoms. The minimum absolute atomic E-state index is 0.0262. The fraction of sp³-hybridized carbons (Fsp3) is 0.545. The van der Waals surface area contributed by atoms with E-state index in [1.165, 1.54) is 6.20 Å². The lowest BCUT2D eigenvalue weighted by Crippen LogP contribution is -2.22. The molecule has 0 bridgehead atoms. The number of pyridine rings is 1. The highest BCUT2D eigenvalue weighted by atomic mass is 19.4. The van der Waals surface area contributed by atoms with E-state index in [4.69, 9.17) is 4.74 Å². The smallest absolute Gasteiger partial charge is 0.422 e. The molecule has 0 saturated carbocycles. The molecule has 0 aliphatic rings. The topological polar surface area (TPSA) is 34.2 Å². The normalized spacial score (nSPS) is 13.5. The minimum atomic E-state index is -4.35. The molecular formula is C11H15F3N2O. The van der Waals surface area contributed by atoms with Gasteiger partial charge in [-0.1, -0.05) is 13.0 Å². The van der Waals surface area contributed by atoms with Crippen molar-refractivity contribution in [1.82, 2.24) is 10.3 Å². The number of ether oxygens (including phenoxy) is 1. The van der Waals surface area contributed by atoms with Crippen molar-refractivity contribution in [3.63, 3.8) is 0 Å². The standard InChI is InChI=1S/C11H15F3N2O/c1-3-15-8(2)9-5-4-6-16-10(9)17-7-11(12,13)14/h4-6,8,15H,3,7H2,1-2H3. The molecule has 0 spiro atoms. The maximum absolute atomic E-state index is 12.1. The molecule has 1 atom stereocenters. The summed E-state index contributed by atoms with van der Waals surface area (Å²) in [6, 6.07) is 3.27. The zero-order valence-electron chi connectivity index (χ0n) is 9.71. The van der Waals surface area contributed by atoms with Gasteiger partial charge in [0.1, 0.15) is 0 Å². The number of hydrogen-bond acceptors (Lipinski definition) is 3. The van der Waals surface area contributed by atoms with Gasteiger partial charge in [-0.2, -0.15) is 13.2 Å². The van der Waals surface area contributed by atoms with Crippen LogP contribution in [0, 0.1) is 0 Å². The van der Waals surface area contributed by atoms with Crippen molar-refractivity contribution in [1.29, 1.82) is 0 Å². The number of hydrogen-bond donors (Lipinski definition) is 1. The Kier molecular flexibility index (Phi) is 4.74. The van der Waals surface area contributed by atoms with Crippen LogP contribution in [0.25, 0.3) is 0 Å². The average Bonchev–Trinajstić information content (AvgIpc) is 2.26. The maximum atomic E-state index is 12.1. The van der Waals surface area contributed by atoms with Crippen molar-refractivity contribution in [2.45, 2.75) is 26.1 Å². The Bertz CT molecular complexity index is 355. The van der Waals surface area contributed by atoms with Crippen LogP contribution in [0.15, 0.2) is 18.3 Å². The van der Waals surface area contributed by atoms with Gasteiger partial charge < -0.3 is 10.1 Å². The summed E-state index contributed by atoms with van der Waals surface area (Å²) in [5, 5.41) is 3.10. The van der Waals surface area contributed by atoms with Gasteiger partial charge in [-0.3, -0.25) is 0 Å². The van der Waals surface area contributed by atoms with Gasteiger partial charge in [0.15, 0.2) is 6.61 Å². The molecular weight excluding hydrogens is 233 g/mol. The first-order valence-electron chi connectivity index (χ1n) is 5.32. The zero-order valence-corrected chi connectivity index (χ0v) is 9.71. The Morgan fingerprint density at radius 2 is 2.18 bits per heavy atom. The van der Waals surface area contributed by atoms with Crippen LogP contribution >= 0.6 is 0 Å². The summed E-state index contributed by atoms with van der Waals surface area (Å²) < 4.78 is 40.9. The molecule has 6 heteroatoms. The molecule has 0 saturated heterocycles. The summed E-state index contributed by atoms with van der Waals surface area (Å²) >= 11 is 0. The quantitative estimate of drug-likeness (QED) is 0.870. The van der Waals surface area contributed by atoms with Crippen LogP contribution in [-0.4, -0.2) is 24.3 Å². The summed E-state index contributed by atoms with van der Waals surface area (Å²) in [5.41, 5.74) is 0.624. The molecule has 0 fully saturated rings. The van der Waals surface area contributed by atoms with Crippen LogP contribution in [0.5, 0.6) is 5.88 Å². The molecule has 1 aromatic rings. The number of aromatic nitrogens is 1. The van der Waals surface area contributed by atoms with Gasteiger partial charge >= 0.3 is 6.18 Å². The van der Waals surface area contributed by atoms with Crippen molar-refractivity contribution >= 4 is 0 Å². The Balaban J connectivity index is 2.77. The lowest BCUT2D eigenvalue weighted by molar-refractivity contribution is -0.154. The van der Waals surface area contributed by atoms with Crippen molar-refractivity contribution in [2.75, 3.05) is 13.2 Å². The predicted octanol–water partition coefficient (Wildman–Crippen LogP) is 2.69. The third-order valence-corrected chi connectivity index (χ3v) is 2.15. The number of nitrogens with zero attached hydrogens (tertiary/aromatic N) is 1. The van der Waals surface area contributed by atoms with E-state index in [0.717, 1.165) is 6.54 Å². The molecule has 0 radical (unpaired) electrons. The van der Waals surface area contributed by atoms with Crippen LogP contribution in [0.1, 0.15) is 25.5 Å². The molecule has 0 aliphatic carbocycles. The molecule has 1 unspecified atom stereocenters. The van der Waals surface area contributed by atoms with Gasteiger partial charge in [0.05, 0.1) is 0 Å². The van der Waals surface area contributed by atoms with E-state index in [2.05, 4.69) is 10.3 Å². The van der Waals surface area contributed by atoms with Crippen LogP contribution in [-0.2, 0) is 0 Å². The second kappa shape index (κ2) is 5.86.